The van der Waals surface area contributed by atoms with Crippen molar-refractivity contribution < 1.29 is 9.13 Å². The number of ether oxygens (including phenoxy) is 1. The molecule has 0 amide bonds. The first kappa shape index (κ1) is 16.0. The highest BCUT2D eigenvalue weighted by Crippen LogP contribution is 2.27. The smallest absolute Gasteiger partial charge is 0.124 e. The lowest BCUT2D eigenvalue weighted by atomic mass is 10.0. The maximum Gasteiger partial charge on any atom is 0.124 e. The van der Waals surface area contributed by atoms with Crippen molar-refractivity contribution in [2.75, 3.05) is 7.11 Å². The molecule has 2 nitrogen and oxygen atoms in total. The molecule has 1 N–H and O–H groups in total. The molecule has 2 aromatic rings. The summed E-state index contributed by atoms with van der Waals surface area (Å²) in [5.74, 6) is 0.607. The summed E-state index contributed by atoms with van der Waals surface area (Å²) >= 11 is 3.42. The monoisotopic (exact) mass is 351 g/mol. The predicted octanol–water partition coefficient (Wildman–Crippen LogP) is 5.01. The zero-order chi connectivity index (χ0) is 15.4. The van der Waals surface area contributed by atoms with Crippen LogP contribution in [0.2, 0.25) is 0 Å². The van der Waals surface area contributed by atoms with E-state index in [1.807, 2.05) is 18.2 Å². The van der Waals surface area contributed by atoms with Crippen LogP contribution in [-0.4, -0.2) is 7.11 Å². The van der Waals surface area contributed by atoms with Gasteiger partial charge in [-0.1, -0.05) is 34.1 Å². The van der Waals surface area contributed by atoms with E-state index in [0.717, 1.165) is 21.3 Å². The van der Waals surface area contributed by atoms with Crippen molar-refractivity contribution in [2.24, 2.45) is 0 Å². The summed E-state index contributed by atoms with van der Waals surface area (Å²) in [6.45, 7) is 4.16. The Kier molecular flexibility index (Phi) is 5.37. The first-order valence-corrected chi connectivity index (χ1v) is 7.65. The van der Waals surface area contributed by atoms with Crippen LogP contribution in [0.25, 0.3) is 0 Å². The van der Waals surface area contributed by atoms with Crippen LogP contribution in [0.15, 0.2) is 46.9 Å². The highest BCUT2D eigenvalue weighted by Gasteiger charge is 2.14. The van der Waals surface area contributed by atoms with Gasteiger partial charge in [0.05, 0.1) is 7.11 Å². The fourth-order valence-corrected chi connectivity index (χ4v) is 3.02. The van der Waals surface area contributed by atoms with E-state index in [1.165, 1.54) is 12.1 Å². The van der Waals surface area contributed by atoms with Crippen molar-refractivity contribution in [2.45, 2.75) is 25.9 Å². The Morgan fingerprint density at radius 2 is 1.86 bits per heavy atom. The molecule has 2 aromatic carbocycles. The Labute approximate surface area is 133 Å². The van der Waals surface area contributed by atoms with Crippen molar-refractivity contribution in [3.05, 3.63) is 63.9 Å². The van der Waals surface area contributed by atoms with Crippen molar-refractivity contribution in [3.8, 4) is 5.75 Å². The zero-order valence-electron chi connectivity index (χ0n) is 12.4. The molecule has 0 aliphatic rings. The molecule has 0 radical (unpaired) electrons. The number of nitrogens with one attached hydrogen (secondary N) is 1. The summed E-state index contributed by atoms with van der Waals surface area (Å²) in [6.07, 6.45) is 0. The second-order valence-corrected chi connectivity index (χ2v) is 5.91. The van der Waals surface area contributed by atoms with Gasteiger partial charge >= 0.3 is 0 Å². The highest BCUT2D eigenvalue weighted by molar-refractivity contribution is 9.10. The molecule has 0 spiro atoms. The van der Waals surface area contributed by atoms with Gasteiger partial charge in [-0.2, -0.15) is 0 Å². The van der Waals surface area contributed by atoms with Crippen molar-refractivity contribution in [3.63, 3.8) is 0 Å². The summed E-state index contributed by atoms with van der Waals surface area (Å²) in [5, 5.41) is 3.52. The van der Waals surface area contributed by atoms with E-state index in [9.17, 15) is 4.39 Å². The molecule has 0 fully saturated rings. The Morgan fingerprint density at radius 1 is 1.10 bits per heavy atom. The third kappa shape index (κ3) is 4.05. The molecule has 4 heteroatoms. The minimum atomic E-state index is -0.237. The van der Waals surface area contributed by atoms with Crippen LogP contribution in [0.3, 0.4) is 0 Å². The van der Waals surface area contributed by atoms with Gasteiger partial charge in [0.2, 0.25) is 0 Å². The summed E-state index contributed by atoms with van der Waals surface area (Å²) in [5.41, 5.74) is 2.19. The second-order valence-electron chi connectivity index (χ2n) is 5.05. The van der Waals surface area contributed by atoms with E-state index >= 15 is 0 Å². The molecule has 2 atom stereocenters. The van der Waals surface area contributed by atoms with Crippen LogP contribution < -0.4 is 10.1 Å². The average Bonchev–Trinajstić information content (AvgIpc) is 2.47. The Bertz CT molecular complexity index is 617. The van der Waals surface area contributed by atoms with Gasteiger partial charge < -0.3 is 10.1 Å². The number of benzene rings is 2. The van der Waals surface area contributed by atoms with E-state index < -0.39 is 0 Å². The average molecular weight is 352 g/mol. The van der Waals surface area contributed by atoms with Gasteiger partial charge in [0.25, 0.3) is 0 Å². The van der Waals surface area contributed by atoms with Crippen molar-refractivity contribution >= 4 is 15.9 Å². The van der Waals surface area contributed by atoms with Gasteiger partial charge in [-0.25, -0.2) is 4.39 Å². The molecular formula is C17H19BrFNO. The SMILES string of the molecule is COc1cccc([C@H](C)NC(C)c2ccc(F)cc2Br)c1. The fourth-order valence-electron chi connectivity index (χ4n) is 2.32. The number of rotatable bonds is 5. The highest BCUT2D eigenvalue weighted by atomic mass is 79.9. The number of hydrogen-bond donors (Lipinski definition) is 1. The van der Waals surface area contributed by atoms with Crippen molar-refractivity contribution in [1.29, 1.82) is 0 Å². The van der Waals surface area contributed by atoms with Gasteiger partial charge in [0.1, 0.15) is 11.6 Å². The lowest BCUT2D eigenvalue weighted by Crippen LogP contribution is -2.22. The fraction of sp³-hybridized carbons (Fsp3) is 0.294. The van der Waals surface area contributed by atoms with Gasteiger partial charge in [0.15, 0.2) is 0 Å². The Balaban J connectivity index is 2.12. The Morgan fingerprint density at radius 3 is 2.52 bits per heavy atom. The van der Waals surface area contributed by atoms with Crippen LogP contribution in [0.5, 0.6) is 5.75 Å². The molecule has 21 heavy (non-hydrogen) atoms. The lowest BCUT2D eigenvalue weighted by molar-refractivity contribution is 0.412. The topological polar surface area (TPSA) is 21.3 Å². The van der Waals surface area contributed by atoms with E-state index in [0.29, 0.717) is 0 Å². The number of methoxy groups -OCH3 is 1. The molecule has 2 rings (SSSR count). The van der Waals surface area contributed by atoms with Gasteiger partial charge in [-0.05, 0) is 49.2 Å². The quantitative estimate of drug-likeness (QED) is 0.817. The first-order valence-electron chi connectivity index (χ1n) is 6.86. The third-order valence-corrected chi connectivity index (χ3v) is 4.21. The van der Waals surface area contributed by atoms with E-state index in [1.54, 1.807) is 13.2 Å². The van der Waals surface area contributed by atoms with Gasteiger partial charge in [-0.15, -0.1) is 0 Å². The van der Waals surface area contributed by atoms with E-state index in [2.05, 4.69) is 41.2 Å². The first-order chi connectivity index (χ1) is 10.0. The number of hydrogen-bond acceptors (Lipinski definition) is 2. The van der Waals surface area contributed by atoms with Crippen LogP contribution in [0.1, 0.15) is 37.1 Å². The molecule has 1 unspecified atom stereocenters. The molecule has 0 heterocycles. The predicted molar refractivity (Wildman–Crippen MR) is 87.1 cm³/mol. The summed E-state index contributed by atoms with van der Waals surface area (Å²) in [4.78, 5) is 0. The molecule has 112 valence electrons. The molecule has 0 saturated carbocycles. The van der Waals surface area contributed by atoms with E-state index in [4.69, 9.17) is 4.74 Å². The maximum atomic E-state index is 13.2. The lowest BCUT2D eigenvalue weighted by Gasteiger charge is -2.22. The molecule has 0 aliphatic heterocycles. The Hall–Kier alpha value is -1.39. The van der Waals surface area contributed by atoms with Crippen molar-refractivity contribution in [1.82, 2.24) is 5.32 Å². The number of halogens is 2. The molecule has 0 aromatic heterocycles. The van der Waals surface area contributed by atoms with Gasteiger partial charge in [0, 0.05) is 16.6 Å². The standard InChI is InChI=1S/C17H19BrFNO/c1-11(13-5-4-6-15(9-13)21-3)20-12(2)16-8-7-14(19)10-17(16)18/h4-12,20H,1-3H3/t11-,12?/m0/s1. The molecular weight excluding hydrogens is 333 g/mol. The zero-order valence-corrected chi connectivity index (χ0v) is 13.9. The summed E-state index contributed by atoms with van der Waals surface area (Å²) in [7, 11) is 1.66. The van der Waals surface area contributed by atoms with E-state index in [-0.39, 0.29) is 17.9 Å². The van der Waals surface area contributed by atoms with Crippen LogP contribution in [0.4, 0.5) is 4.39 Å². The van der Waals surface area contributed by atoms with Crippen LogP contribution in [-0.2, 0) is 0 Å². The van der Waals surface area contributed by atoms with Gasteiger partial charge in [-0.3, -0.25) is 0 Å². The maximum absolute atomic E-state index is 13.2. The minimum Gasteiger partial charge on any atom is -0.497 e. The normalized spacial score (nSPS) is 13.8. The second kappa shape index (κ2) is 7.05. The molecule has 0 aliphatic carbocycles. The largest absolute Gasteiger partial charge is 0.497 e. The molecule has 0 bridgehead atoms. The third-order valence-electron chi connectivity index (χ3n) is 3.52. The summed E-state index contributed by atoms with van der Waals surface area (Å²) < 4.78 is 19.2. The molecule has 0 saturated heterocycles. The van der Waals surface area contributed by atoms with Crippen LogP contribution >= 0.6 is 15.9 Å². The minimum absolute atomic E-state index is 0.0983. The summed E-state index contributed by atoms with van der Waals surface area (Å²) in [6, 6.07) is 13.0. The van der Waals surface area contributed by atoms with Crippen LogP contribution in [0, 0.1) is 5.82 Å².